The van der Waals surface area contributed by atoms with Crippen LogP contribution in [0.15, 0.2) is 36.4 Å². The zero-order valence-corrected chi connectivity index (χ0v) is 11.5. The minimum atomic E-state index is -0.629. The fourth-order valence-corrected chi connectivity index (χ4v) is 2.76. The summed E-state index contributed by atoms with van der Waals surface area (Å²) in [4.78, 5) is 13.1. The number of para-hydroxylation sites is 1. The summed E-state index contributed by atoms with van der Waals surface area (Å²) in [6.07, 6.45) is 0.904. The predicted octanol–water partition coefficient (Wildman–Crippen LogP) is 2.07. The average molecular weight is 285 g/mol. The van der Waals surface area contributed by atoms with E-state index >= 15 is 0 Å². The maximum atomic E-state index is 14.1. The van der Waals surface area contributed by atoms with Crippen molar-refractivity contribution in [2.45, 2.75) is 13.0 Å². The van der Waals surface area contributed by atoms with Crippen LogP contribution in [0, 0.1) is 5.82 Å². The van der Waals surface area contributed by atoms with Crippen LogP contribution < -0.4 is 16.4 Å². The molecule has 3 rings (SSSR count). The summed E-state index contributed by atoms with van der Waals surface area (Å²) in [5, 5.41) is 0. The second-order valence-corrected chi connectivity index (χ2v) is 5.20. The van der Waals surface area contributed by atoms with Gasteiger partial charge in [0.15, 0.2) is 0 Å². The number of rotatable bonds is 3. The molecule has 0 aromatic heterocycles. The number of carbonyl (C=O) groups excluding carboxylic acids is 1. The molecule has 1 aliphatic heterocycles. The molecule has 0 atom stereocenters. The van der Waals surface area contributed by atoms with Gasteiger partial charge < -0.3 is 16.4 Å². The van der Waals surface area contributed by atoms with Crippen molar-refractivity contribution in [3.63, 3.8) is 0 Å². The first-order valence-corrected chi connectivity index (χ1v) is 6.77. The predicted molar refractivity (Wildman–Crippen MR) is 80.5 cm³/mol. The van der Waals surface area contributed by atoms with Gasteiger partial charge in [0.05, 0.1) is 11.4 Å². The van der Waals surface area contributed by atoms with Crippen LogP contribution >= 0.6 is 0 Å². The molecule has 0 spiro atoms. The van der Waals surface area contributed by atoms with Crippen LogP contribution in [-0.4, -0.2) is 12.5 Å². The van der Waals surface area contributed by atoms with Crippen molar-refractivity contribution in [3.8, 4) is 0 Å². The van der Waals surface area contributed by atoms with Crippen molar-refractivity contribution in [2.75, 3.05) is 17.2 Å². The Morgan fingerprint density at radius 3 is 2.81 bits per heavy atom. The first kappa shape index (κ1) is 13.4. The zero-order valence-electron chi connectivity index (χ0n) is 11.5. The Hall–Kier alpha value is -2.56. The maximum absolute atomic E-state index is 14.1. The number of amides is 1. The van der Waals surface area contributed by atoms with Crippen molar-refractivity contribution >= 4 is 17.3 Å². The third kappa shape index (κ3) is 2.42. The van der Waals surface area contributed by atoms with Gasteiger partial charge in [-0.25, -0.2) is 4.39 Å². The lowest BCUT2D eigenvalue weighted by molar-refractivity contribution is 0.1000. The van der Waals surface area contributed by atoms with Gasteiger partial charge in [-0.2, -0.15) is 0 Å². The number of anilines is 2. The molecule has 0 radical (unpaired) electrons. The van der Waals surface area contributed by atoms with Gasteiger partial charge >= 0.3 is 0 Å². The summed E-state index contributed by atoms with van der Waals surface area (Å²) in [5.74, 6) is -1.05. The van der Waals surface area contributed by atoms with Crippen molar-refractivity contribution in [1.29, 1.82) is 0 Å². The van der Waals surface area contributed by atoms with E-state index in [2.05, 4.69) is 4.90 Å². The maximum Gasteiger partial charge on any atom is 0.248 e. The molecule has 5 heteroatoms. The Morgan fingerprint density at radius 2 is 2.10 bits per heavy atom. The molecule has 1 aliphatic rings. The Morgan fingerprint density at radius 1 is 1.29 bits per heavy atom. The molecule has 0 unspecified atom stereocenters. The van der Waals surface area contributed by atoms with Gasteiger partial charge in [0.2, 0.25) is 5.91 Å². The molecule has 4 nitrogen and oxygen atoms in total. The summed E-state index contributed by atoms with van der Waals surface area (Å²) >= 11 is 0. The minimum absolute atomic E-state index is 0.178. The number of hydrogen-bond donors (Lipinski definition) is 2. The summed E-state index contributed by atoms with van der Waals surface area (Å²) < 4.78 is 14.1. The van der Waals surface area contributed by atoms with Gasteiger partial charge in [0, 0.05) is 24.2 Å². The van der Waals surface area contributed by atoms with Crippen LogP contribution in [0.4, 0.5) is 15.8 Å². The van der Waals surface area contributed by atoms with E-state index in [9.17, 15) is 9.18 Å². The van der Waals surface area contributed by atoms with Gasteiger partial charge in [-0.15, -0.1) is 0 Å². The first-order chi connectivity index (χ1) is 10.1. The van der Waals surface area contributed by atoms with E-state index in [4.69, 9.17) is 11.5 Å². The lowest BCUT2D eigenvalue weighted by atomic mass is 10.1. The van der Waals surface area contributed by atoms with Crippen LogP contribution in [0.2, 0.25) is 0 Å². The lowest BCUT2D eigenvalue weighted by Crippen LogP contribution is -2.21. The summed E-state index contributed by atoms with van der Waals surface area (Å²) in [7, 11) is 0. The number of carbonyl (C=O) groups is 1. The van der Waals surface area contributed by atoms with E-state index in [-0.39, 0.29) is 5.56 Å². The third-order valence-corrected chi connectivity index (χ3v) is 3.82. The number of primary amides is 1. The van der Waals surface area contributed by atoms with Crippen molar-refractivity contribution in [2.24, 2.45) is 5.73 Å². The number of nitrogen functional groups attached to an aromatic ring is 1. The molecule has 0 saturated carbocycles. The van der Waals surface area contributed by atoms with Gasteiger partial charge in [0.1, 0.15) is 5.82 Å². The van der Waals surface area contributed by atoms with Crippen molar-refractivity contribution < 1.29 is 9.18 Å². The monoisotopic (exact) mass is 285 g/mol. The van der Waals surface area contributed by atoms with Crippen LogP contribution in [0.3, 0.4) is 0 Å². The Labute approximate surface area is 122 Å². The fraction of sp³-hybridized carbons (Fsp3) is 0.188. The normalized spacial score (nSPS) is 13.3. The highest BCUT2D eigenvalue weighted by molar-refractivity contribution is 5.92. The van der Waals surface area contributed by atoms with Crippen LogP contribution in [0.25, 0.3) is 0 Å². The lowest BCUT2D eigenvalue weighted by Gasteiger charge is -2.21. The molecule has 2 aromatic carbocycles. The van der Waals surface area contributed by atoms with Gasteiger partial charge in [0.25, 0.3) is 0 Å². The van der Waals surface area contributed by atoms with E-state index < -0.39 is 11.7 Å². The highest BCUT2D eigenvalue weighted by atomic mass is 19.1. The van der Waals surface area contributed by atoms with Gasteiger partial charge in [-0.3, -0.25) is 4.79 Å². The van der Waals surface area contributed by atoms with Crippen LogP contribution in [-0.2, 0) is 13.0 Å². The topological polar surface area (TPSA) is 72.4 Å². The number of nitrogens with two attached hydrogens (primary N) is 2. The quantitative estimate of drug-likeness (QED) is 0.848. The molecule has 4 N–H and O–H groups in total. The second kappa shape index (κ2) is 5.09. The first-order valence-electron chi connectivity index (χ1n) is 6.77. The number of fused-ring (bicyclic) bond motifs is 1. The van der Waals surface area contributed by atoms with E-state index in [1.54, 1.807) is 12.1 Å². The molecule has 0 fully saturated rings. The SMILES string of the molecule is NC(=O)c1ccc(CN2CCc3cccc(N)c32)c(F)c1. The minimum Gasteiger partial charge on any atom is -0.397 e. The molecule has 21 heavy (non-hydrogen) atoms. The van der Waals surface area contributed by atoms with Gasteiger partial charge in [-0.1, -0.05) is 18.2 Å². The van der Waals surface area contributed by atoms with E-state index in [0.29, 0.717) is 17.8 Å². The number of hydrogen-bond acceptors (Lipinski definition) is 3. The number of halogens is 1. The molecular formula is C16H16FN3O. The second-order valence-electron chi connectivity index (χ2n) is 5.20. The van der Waals surface area contributed by atoms with Crippen molar-refractivity contribution in [3.05, 3.63) is 58.9 Å². The number of nitrogens with zero attached hydrogens (tertiary/aromatic N) is 1. The van der Waals surface area contributed by atoms with Crippen molar-refractivity contribution in [1.82, 2.24) is 0 Å². The molecule has 108 valence electrons. The molecule has 0 bridgehead atoms. The molecule has 0 saturated heterocycles. The molecule has 2 aromatic rings. The Balaban J connectivity index is 1.88. The van der Waals surface area contributed by atoms with Crippen LogP contribution in [0.5, 0.6) is 0 Å². The van der Waals surface area contributed by atoms with E-state index in [1.165, 1.54) is 11.6 Å². The largest absolute Gasteiger partial charge is 0.397 e. The highest BCUT2D eigenvalue weighted by Crippen LogP contribution is 2.34. The van der Waals surface area contributed by atoms with E-state index in [0.717, 1.165) is 18.7 Å². The Bertz CT molecular complexity index is 715. The summed E-state index contributed by atoms with van der Waals surface area (Å²) in [6, 6.07) is 10.2. The standard InChI is InChI=1S/C16H16FN3O/c17-13-8-11(16(19)21)4-5-12(13)9-20-7-6-10-2-1-3-14(18)15(10)20/h1-5,8H,6-7,9,18H2,(H2,19,21). The average Bonchev–Trinajstić information content (AvgIpc) is 2.85. The molecule has 1 heterocycles. The Kier molecular flexibility index (Phi) is 3.25. The number of benzene rings is 2. The third-order valence-electron chi connectivity index (χ3n) is 3.82. The summed E-state index contributed by atoms with van der Waals surface area (Å²) in [6.45, 7) is 1.23. The zero-order chi connectivity index (χ0) is 15.0. The van der Waals surface area contributed by atoms with Gasteiger partial charge in [-0.05, 0) is 30.2 Å². The van der Waals surface area contributed by atoms with Crippen LogP contribution in [0.1, 0.15) is 21.5 Å². The molecule has 1 amide bonds. The smallest absolute Gasteiger partial charge is 0.248 e. The van der Waals surface area contributed by atoms with E-state index in [1.807, 2.05) is 18.2 Å². The summed E-state index contributed by atoms with van der Waals surface area (Å²) in [5.41, 5.74) is 14.7. The highest BCUT2D eigenvalue weighted by Gasteiger charge is 2.22. The molecular weight excluding hydrogens is 269 g/mol. The fourth-order valence-electron chi connectivity index (χ4n) is 2.76. The molecule has 0 aliphatic carbocycles.